The van der Waals surface area contributed by atoms with Crippen molar-refractivity contribution < 1.29 is 24.0 Å². The number of nitrogens with zero attached hydrogens (tertiary/aromatic N) is 2. The van der Waals surface area contributed by atoms with Gasteiger partial charge in [-0.2, -0.15) is 5.10 Å². The molecule has 9 nitrogen and oxygen atoms in total. The number of hydrogen-bond donors (Lipinski definition) is 1. The van der Waals surface area contributed by atoms with Crippen molar-refractivity contribution in [1.82, 2.24) is 5.43 Å². The van der Waals surface area contributed by atoms with Gasteiger partial charge in [-0.3, -0.25) is 14.9 Å². The van der Waals surface area contributed by atoms with Crippen LogP contribution in [0.4, 0.5) is 5.69 Å². The molecule has 0 spiro atoms. The molecule has 0 radical (unpaired) electrons. The van der Waals surface area contributed by atoms with E-state index in [9.17, 15) is 19.7 Å². The lowest BCUT2D eigenvalue weighted by Gasteiger charge is -2.06. The third kappa shape index (κ3) is 5.63. The van der Waals surface area contributed by atoms with Crippen molar-refractivity contribution >= 4 is 23.8 Å². The molecule has 0 fully saturated rings. The van der Waals surface area contributed by atoms with Gasteiger partial charge in [0.05, 0.1) is 23.8 Å². The van der Waals surface area contributed by atoms with Crippen LogP contribution in [0, 0.1) is 17.0 Å². The summed E-state index contributed by atoms with van der Waals surface area (Å²) in [6, 6.07) is 10.8. The maximum Gasteiger partial charge on any atom is 0.337 e. The number of nitro benzene ring substituents is 1. The van der Waals surface area contributed by atoms with Crippen LogP contribution >= 0.6 is 0 Å². The number of nitro groups is 1. The van der Waals surface area contributed by atoms with Gasteiger partial charge in [0.15, 0.2) is 12.4 Å². The van der Waals surface area contributed by atoms with E-state index in [1.807, 2.05) is 0 Å². The summed E-state index contributed by atoms with van der Waals surface area (Å²) in [5.74, 6) is -1.02. The van der Waals surface area contributed by atoms with Crippen molar-refractivity contribution in [2.24, 2.45) is 5.10 Å². The predicted octanol–water partition coefficient (Wildman–Crippen LogP) is 2.22. The molecule has 2 aromatic carbocycles. The molecule has 0 aliphatic rings. The first-order valence-electron chi connectivity index (χ1n) is 7.79. The summed E-state index contributed by atoms with van der Waals surface area (Å²) in [4.78, 5) is 33.5. The van der Waals surface area contributed by atoms with Crippen LogP contribution in [-0.4, -0.2) is 36.7 Å². The van der Waals surface area contributed by atoms with Crippen LogP contribution in [0.3, 0.4) is 0 Å². The molecule has 2 aromatic rings. The fourth-order valence-corrected chi connectivity index (χ4v) is 2.07. The maximum atomic E-state index is 11.8. The van der Waals surface area contributed by atoms with E-state index in [1.165, 1.54) is 25.5 Å². The smallest absolute Gasteiger partial charge is 0.337 e. The molecule has 0 aromatic heterocycles. The van der Waals surface area contributed by atoms with E-state index in [1.54, 1.807) is 37.3 Å². The molecule has 140 valence electrons. The first kappa shape index (κ1) is 19.6. The third-order valence-electron chi connectivity index (χ3n) is 3.40. The van der Waals surface area contributed by atoms with Crippen LogP contribution in [0.5, 0.6) is 5.75 Å². The Balaban J connectivity index is 1.89. The maximum absolute atomic E-state index is 11.8. The molecule has 0 heterocycles. The number of benzene rings is 2. The first-order chi connectivity index (χ1) is 12.9. The summed E-state index contributed by atoms with van der Waals surface area (Å²) >= 11 is 0. The summed E-state index contributed by atoms with van der Waals surface area (Å²) in [5.41, 5.74) is 3.80. The molecule has 9 heteroatoms. The molecular weight excluding hydrogens is 354 g/mol. The normalized spacial score (nSPS) is 10.4. The minimum atomic E-state index is -0.577. The lowest BCUT2D eigenvalue weighted by molar-refractivity contribution is -0.385. The summed E-state index contributed by atoms with van der Waals surface area (Å²) in [7, 11) is 1.29. The second kappa shape index (κ2) is 9.09. The van der Waals surface area contributed by atoms with Crippen LogP contribution in [0.2, 0.25) is 0 Å². The molecule has 0 unspecified atom stereocenters. The van der Waals surface area contributed by atoms with Gasteiger partial charge in [0.25, 0.3) is 5.91 Å². The lowest BCUT2D eigenvalue weighted by atomic mass is 10.1. The zero-order valence-electron chi connectivity index (χ0n) is 14.7. The zero-order chi connectivity index (χ0) is 19.8. The second-order valence-corrected chi connectivity index (χ2v) is 5.42. The van der Waals surface area contributed by atoms with E-state index in [2.05, 4.69) is 15.3 Å². The molecule has 27 heavy (non-hydrogen) atoms. The van der Waals surface area contributed by atoms with Crippen molar-refractivity contribution in [3.63, 3.8) is 0 Å². The number of ether oxygens (including phenoxy) is 2. The van der Waals surface area contributed by atoms with E-state index in [0.717, 1.165) is 0 Å². The minimum absolute atomic E-state index is 0.00290. The van der Waals surface area contributed by atoms with E-state index < -0.39 is 23.4 Å². The Hall–Kier alpha value is -3.75. The average Bonchev–Trinajstić information content (AvgIpc) is 2.66. The van der Waals surface area contributed by atoms with Gasteiger partial charge in [0.2, 0.25) is 0 Å². The van der Waals surface area contributed by atoms with Crippen LogP contribution < -0.4 is 10.2 Å². The number of amides is 1. The minimum Gasteiger partial charge on any atom is -0.477 e. The van der Waals surface area contributed by atoms with Crippen LogP contribution in [-0.2, 0) is 9.53 Å². The van der Waals surface area contributed by atoms with Crippen LogP contribution in [0.15, 0.2) is 47.6 Å². The Morgan fingerprint density at radius 1 is 1.22 bits per heavy atom. The second-order valence-electron chi connectivity index (χ2n) is 5.42. The van der Waals surface area contributed by atoms with Crippen LogP contribution in [0.25, 0.3) is 0 Å². The quantitative estimate of drug-likeness (QED) is 0.345. The van der Waals surface area contributed by atoms with E-state index in [0.29, 0.717) is 16.7 Å². The van der Waals surface area contributed by atoms with Gasteiger partial charge in [-0.05, 0) is 36.2 Å². The van der Waals surface area contributed by atoms with Crippen molar-refractivity contribution in [2.75, 3.05) is 13.7 Å². The number of hydrazone groups is 1. The summed E-state index contributed by atoms with van der Waals surface area (Å²) in [5, 5.41) is 14.8. The van der Waals surface area contributed by atoms with Gasteiger partial charge in [0, 0.05) is 6.07 Å². The Kier molecular flexibility index (Phi) is 6.59. The van der Waals surface area contributed by atoms with Gasteiger partial charge < -0.3 is 9.47 Å². The molecule has 2 rings (SSSR count). The van der Waals surface area contributed by atoms with Gasteiger partial charge in [0.1, 0.15) is 0 Å². The third-order valence-corrected chi connectivity index (χ3v) is 3.40. The van der Waals surface area contributed by atoms with E-state index >= 15 is 0 Å². The van der Waals surface area contributed by atoms with Gasteiger partial charge >= 0.3 is 11.7 Å². The average molecular weight is 371 g/mol. The molecule has 1 amide bonds. The molecule has 1 N–H and O–H groups in total. The number of aryl methyl sites for hydroxylation is 1. The molecule has 0 atom stereocenters. The number of hydrogen-bond acceptors (Lipinski definition) is 7. The molecule has 0 aliphatic carbocycles. The molecular formula is C18H17N3O6. The number of carbonyl (C=O) groups is 2. The number of esters is 1. The van der Waals surface area contributed by atoms with E-state index in [4.69, 9.17) is 4.74 Å². The monoisotopic (exact) mass is 371 g/mol. The summed E-state index contributed by atoms with van der Waals surface area (Å²) < 4.78 is 9.79. The number of rotatable bonds is 7. The van der Waals surface area contributed by atoms with E-state index in [-0.39, 0.29) is 11.4 Å². The fraction of sp³-hybridized carbons (Fsp3) is 0.167. The summed E-state index contributed by atoms with van der Waals surface area (Å²) in [6.45, 7) is 1.29. The molecule has 0 saturated heterocycles. The van der Waals surface area contributed by atoms with Gasteiger partial charge in [-0.25, -0.2) is 10.2 Å². The Morgan fingerprint density at radius 2 is 1.93 bits per heavy atom. The number of carbonyl (C=O) groups excluding carboxylic acids is 2. The number of methoxy groups -OCH3 is 1. The highest BCUT2D eigenvalue weighted by atomic mass is 16.6. The molecule has 0 bridgehead atoms. The first-order valence-corrected chi connectivity index (χ1v) is 7.79. The highest BCUT2D eigenvalue weighted by Gasteiger charge is 2.16. The highest BCUT2D eigenvalue weighted by Crippen LogP contribution is 2.27. The van der Waals surface area contributed by atoms with Crippen LogP contribution in [0.1, 0.15) is 21.5 Å². The molecule has 0 saturated carbocycles. The van der Waals surface area contributed by atoms with Crippen molar-refractivity contribution in [1.29, 1.82) is 0 Å². The standard InChI is InChI=1S/C18H17N3O6/c1-12-3-8-16(15(9-12)21(24)25)27-11-17(22)20-19-10-13-4-6-14(7-5-13)18(23)26-2/h3-10H,11H2,1-2H3,(H,20,22)/b19-10-. The molecule has 0 aliphatic heterocycles. The Bertz CT molecular complexity index is 877. The SMILES string of the molecule is COC(=O)c1ccc(/C=N\NC(=O)COc2ccc(C)cc2[N+](=O)[O-])cc1. The van der Waals surface area contributed by atoms with Crippen molar-refractivity contribution in [3.8, 4) is 5.75 Å². The predicted molar refractivity (Wildman–Crippen MR) is 96.8 cm³/mol. The topological polar surface area (TPSA) is 120 Å². The fourth-order valence-electron chi connectivity index (χ4n) is 2.07. The van der Waals surface area contributed by atoms with Gasteiger partial charge in [-0.1, -0.05) is 18.2 Å². The highest BCUT2D eigenvalue weighted by molar-refractivity contribution is 5.90. The largest absolute Gasteiger partial charge is 0.477 e. The Morgan fingerprint density at radius 3 is 2.56 bits per heavy atom. The Labute approximate surface area is 154 Å². The lowest BCUT2D eigenvalue weighted by Crippen LogP contribution is -2.24. The number of nitrogens with one attached hydrogen (secondary N) is 1. The van der Waals surface area contributed by atoms with Crippen molar-refractivity contribution in [3.05, 3.63) is 69.3 Å². The van der Waals surface area contributed by atoms with Crippen molar-refractivity contribution in [2.45, 2.75) is 6.92 Å². The zero-order valence-corrected chi connectivity index (χ0v) is 14.7. The summed E-state index contributed by atoms with van der Waals surface area (Å²) in [6.07, 6.45) is 1.38. The van der Waals surface area contributed by atoms with Gasteiger partial charge in [-0.15, -0.1) is 0 Å².